The van der Waals surface area contributed by atoms with E-state index in [1.54, 1.807) is 6.92 Å². The number of carbonyl (C=O) groups excluding carboxylic acids is 1. The summed E-state index contributed by atoms with van der Waals surface area (Å²) in [6.45, 7) is 1.66. The molecule has 0 radical (unpaired) electrons. The Labute approximate surface area is 91.4 Å². The molecule has 0 spiro atoms. The molecule has 2 N–H and O–H groups in total. The minimum Gasteiger partial charge on any atom is -0.508 e. The molecule has 0 unspecified atom stereocenters. The van der Waals surface area contributed by atoms with Gasteiger partial charge in [0.1, 0.15) is 11.4 Å². The Morgan fingerprint density at radius 1 is 1.56 bits per heavy atom. The van der Waals surface area contributed by atoms with Gasteiger partial charge in [-0.05, 0) is 25.1 Å². The van der Waals surface area contributed by atoms with E-state index in [-0.39, 0.29) is 17.1 Å². The van der Waals surface area contributed by atoms with E-state index < -0.39 is 10.8 Å². The number of phenolic OH excluding ortho intramolecular Hbond substituents is 1. The van der Waals surface area contributed by atoms with Crippen molar-refractivity contribution in [1.29, 1.82) is 0 Å². The molecule has 0 heterocycles. The Bertz CT molecular complexity index is 454. The summed E-state index contributed by atoms with van der Waals surface area (Å²) in [5.41, 5.74) is -0.302. The first-order chi connectivity index (χ1) is 7.54. The second kappa shape index (κ2) is 4.92. The highest BCUT2D eigenvalue weighted by molar-refractivity contribution is 6.00. The van der Waals surface area contributed by atoms with Gasteiger partial charge in [0, 0.05) is 0 Å². The smallest absolute Gasteiger partial charge is 0.296 e. The molecule has 0 bridgehead atoms. The fraction of sp³-hybridized carbons (Fsp3) is 0.100. The molecule has 0 aliphatic heterocycles. The average Bonchev–Trinajstić information content (AvgIpc) is 2.20. The highest BCUT2D eigenvalue weighted by Gasteiger charge is 2.15. The molecular formula is C10H10N2O4. The first-order valence-electron chi connectivity index (χ1n) is 4.45. The predicted octanol–water partition coefficient (Wildman–Crippen LogP) is 1.81. The van der Waals surface area contributed by atoms with Crippen LogP contribution in [-0.4, -0.2) is 15.9 Å². The Morgan fingerprint density at radius 3 is 2.81 bits per heavy atom. The van der Waals surface area contributed by atoms with Crippen molar-refractivity contribution >= 4 is 17.3 Å². The molecule has 1 aromatic carbocycles. The van der Waals surface area contributed by atoms with Crippen molar-refractivity contribution < 1.29 is 14.8 Å². The molecule has 1 rings (SSSR count). The molecular weight excluding hydrogens is 212 g/mol. The first-order valence-corrected chi connectivity index (χ1v) is 4.45. The summed E-state index contributed by atoms with van der Waals surface area (Å²) in [6.07, 6.45) is 2.76. The Hall–Kier alpha value is -2.37. The standard InChI is InChI=1S/C10H10N2O4/c1-2-3-10(14)11-8-5-4-7(13)6-9(8)12(15)16/h2-6,13H,1H3,(H,11,14). The van der Waals surface area contributed by atoms with Crippen LogP contribution in [0.2, 0.25) is 0 Å². The molecule has 0 fully saturated rings. The van der Waals surface area contributed by atoms with Crippen LogP contribution in [0, 0.1) is 10.1 Å². The number of nitrogens with zero attached hydrogens (tertiary/aromatic N) is 1. The van der Waals surface area contributed by atoms with Crippen LogP contribution >= 0.6 is 0 Å². The van der Waals surface area contributed by atoms with E-state index in [4.69, 9.17) is 5.11 Å². The van der Waals surface area contributed by atoms with E-state index in [0.717, 1.165) is 6.07 Å². The zero-order valence-corrected chi connectivity index (χ0v) is 8.51. The number of nitro benzene ring substituents is 1. The Balaban J connectivity index is 3.04. The molecule has 0 aliphatic rings. The van der Waals surface area contributed by atoms with Gasteiger partial charge in [0.05, 0.1) is 11.0 Å². The second-order valence-electron chi connectivity index (χ2n) is 2.95. The van der Waals surface area contributed by atoms with E-state index >= 15 is 0 Å². The minimum absolute atomic E-state index is 0.0471. The number of nitrogens with one attached hydrogen (secondary N) is 1. The summed E-state index contributed by atoms with van der Waals surface area (Å²) in [6, 6.07) is 3.51. The van der Waals surface area contributed by atoms with Gasteiger partial charge in [0.25, 0.3) is 5.69 Å². The van der Waals surface area contributed by atoms with E-state index in [0.29, 0.717) is 0 Å². The zero-order chi connectivity index (χ0) is 12.1. The van der Waals surface area contributed by atoms with Gasteiger partial charge in [-0.15, -0.1) is 0 Å². The fourth-order valence-corrected chi connectivity index (χ4v) is 1.10. The van der Waals surface area contributed by atoms with Gasteiger partial charge in [0.2, 0.25) is 5.91 Å². The largest absolute Gasteiger partial charge is 0.508 e. The normalized spacial score (nSPS) is 10.3. The molecule has 0 saturated heterocycles. The van der Waals surface area contributed by atoms with Crippen molar-refractivity contribution in [3.63, 3.8) is 0 Å². The van der Waals surface area contributed by atoms with Gasteiger partial charge in [-0.1, -0.05) is 6.08 Å². The van der Waals surface area contributed by atoms with Crippen LogP contribution in [0.15, 0.2) is 30.4 Å². The maximum absolute atomic E-state index is 11.2. The summed E-state index contributed by atoms with van der Waals surface area (Å²) in [5.74, 6) is -0.688. The average molecular weight is 222 g/mol. The number of hydrogen-bond donors (Lipinski definition) is 2. The SMILES string of the molecule is CC=CC(=O)Nc1ccc(O)cc1[N+](=O)[O-]. The van der Waals surface area contributed by atoms with Crippen LogP contribution in [0.3, 0.4) is 0 Å². The maximum Gasteiger partial charge on any atom is 0.296 e. The molecule has 1 aromatic rings. The molecule has 16 heavy (non-hydrogen) atoms. The predicted molar refractivity (Wildman–Crippen MR) is 58.2 cm³/mol. The summed E-state index contributed by atoms with van der Waals surface area (Å²) < 4.78 is 0. The number of benzene rings is 1. The molecule has 0 atom stereocenters. The van der Waals surface area contributed by atoms with Crippen LogP contribution < -0.4 is 5.32 Å². The summed E-state index contributed by atoms with van der Waals surface area (Å²) >= 11 is 0. The number of nitro groups is 1. The van der Waals surface area contributed by atoms with E-state index in [1.807, 2.05) is 0 Å². The van der Waals surface area contributed by atoms with Gasteiger partial charge in [-0.25, -0.2) is 0 Å². The number of hydrogen-bond acceptors (Lipinski definition) is 4. The lowest BCUT2D eigenvalue weighted by Gasteiger charge is -2.03. The summed E-state index contributed by atoms with van der Waals surface area (Å²) in [4.78, 5) is 21.2. The molecule has 0 aromatic heterocycles. The van der Waals surface area contributed by atoms with Gasteiger partial charge in [0.15, 0.2) is 0 Å². The number of rotatable bonds is 3. The molecule has 6 nitrogen and oxygen atoms in total. The van der Waals surface area contributed by atoms with E-state index in [1.165, 1.54) is 24.3 Å². The van der Waals surface area contributed by atoms with Gasteiger partial charge in [-0.2, -0.15) is 0 Å². The topological polar surface area (TPSA) is 92.5 Å². The Kier molecular flexibility index (Phi) is 3.60. The first kappa shape index (κ1) is 11.7. The van der Waals surface area contributed by atoms with Crippen molar-refractivity contribution in [2.24, 2.45) is 0 Å². The maximum atomic E-state index is 11.2. The van der Waals surface area contributed by atoms with E-state index in [9.17, 15) is 14.9 Å². The summed E-state index contributed by atoms with van der Waals surface area (Å²) in [7, 11) is 0. The van der Waals surface area contributed by atoms with Crippen molar-refractivity contribution in [3.8, 4) is 5.75 Å². The van der Waals surface area contributed by atoms with Crippen LogP contribution in [0.4, 0.5) is 11.4 Å². The van der Waals surface area contributed by atoms with Crippen LogP contribution in [-0.2, 0) is 4.79 Å². The van der Waals surface area contributed by atoms with Crippen molar-refractivity contribution in [1.82, 2.24) is 0 Å². The van der Waals surface area contributed by atoms with E-state index in [2.05, 4.69) is 5.32 Å². The third-order valence-electron chi connectivity index (χ3n) is 1.75. The molecule has 6 heteroatoms. The highest BCUT2D eigenvalue weighted by atomic mass is 16.6. The van der Waals surface area contributed by atoms with Crippen molar-refractivity contribution in [3.05, 3.63) is 40.5 Å². The van der Waals surface area contributed by atoms with Crippen molar-refractivity contribution in [2.75, 3.05) is 5.32 Å². The number of amides is 1. The lowest BCUT2D eigenvalue weighted by Crippen LogP contribution is -2.09. The second-order valence-corrected chi connectivity index (χ2v) is 2.95. The molecule has 0 aliphatic carbocycles. The molecule has 1 amide bonds. The number of anilines is 1. The van der Waals surface area contributed by atoms with Gasteiger partial charge in [-0.3, -0.25) is 14.9 Å². The zero-order valence-electron chi connectivity index (χ0n) is 8.51. The van der Waals surface area contributed by atoms with Crippen molar-refractivity contribution in [2.45, 2.75) is 6.92 Å². The lowest BCUT2D eigenvalue weighted by atomic mass is 10.2. The number of allylic oxidation sites excluding steroid dienone is 1. The third kappa shape index (κ3) is 2.81. The number of aromatic hydroxyl groups is 1. The molecule has 84 valence electrons. The lowest BCUT2D eigenvalue weighted by molar-refractivity contribution is -0.384. The quantitative estimate of drug-likeness (QED) is 0.353. The Morgan fingerprint density at radius 2 is 2.25 bits per heavy atom. The number of carbonyl (C=O) groups is 1. The summed E-state index contributed by atoms with van der Waals surface area (Å²) in [5, 5.41) is 22.1. The number of phenols is 1. The fourth-order valence-electron chi connectivity index (χ4n) is 1.10. The molecule has 0 saturated carbocycles. The van der Waals surface area contributed by atoms with Crippen LogP contribution in [0.5, 0.6) is 5.75 Å². The minimum atomic E-state index is -0.676. The monoisotopic (exact) mass is 222 g/mol. The van der Waals surface area contributed by atoms with Gasteiger partial charge < -0.3 is 10.4 Å². The highest BCUT2D eigenvalue weighted by Crippen LogP contribution is 2.28. The third-order valence-corrected chi connectivity index (χ3v) is 1.75. The van der Waals surface area contributed by atoms with Crippen LogP contribution in [0.1, 0.15) is 6.92 Å². The van der Waals surface area contributed by atoms with Crippen LogP contribution in [0.25, 0.3) is 0 Å². The van der Waals surface area contributed by atoms with Gasteiger partial charge >= 0.3 is 0 Å².